The van der Waals surface area contributed by atoms with Gasteiger partial charge in [-0.1, -0.05) is 36.4 Å². The molecule has 0 saturated heterocycles. The van der Waals surface area contributed by atoms with Crippen molar-refractivity contribution in [2.24, 2.45) is 0 Å². The van der Waals surface area contributed by atoms with Crippen LogP contribution >= 0.6 is 0 Å². The zero-order valence-corrected chi connectivity index (χ0v) is 12.9. The molecule has 114 valence electrons. The van der Waals surface area contributed by atoms with Crippen molar-refractivity contribution in [2.75, 3.05) is 6.61 Å². The minimum Gasteiger partial charge on any atom is -0.486 e. The van der Waals surface area contributed by atoms with E-state index in [-0.39, 0.29) is 12.2 Å². The maximum Gasteiger partial charge on any atom is 0.161 e. The fourth-order valence-electron chi connectivity index (χ4n) is 2.33. The average molecular weight is 296 g/mol. The van der Waals surface area contributed by atoms with E-state index in [4.69, 9.17) is 14.2 Å². The van der Waals surface area contributed by atoms with E-state index in [0.29, 0.717) is 6.61 Å². The number of ether oxygens (including phenoxy) is 3. The summed E-state index contributed by atoms with van der Waals surface area (Å²) in [4.78, 5) is 0. The smallest absolute Gasteiger partial charge is 0.161 e. The molecule has 2 aliphatic heterocycles. The van der Waals surface area contributed by atoms with Crippen molar-refractivity contribution in [3.8, 4) is 17.2 Å². The van der Waals surface area contributed by atoms with E-state index in [1.165, 1.54) is 5.56 Å². The summed E-state index contributed by atoms with van der Waals surface area (Å²) >= 11 is 0. The molecule has 2 atom stereocenters. The summed E-state index contributed by atoms with van der Waals surface area (Å²) in [5.41, 5.74) is 1.17. The highest BCUT2D eigenvalue weighted by Gasteiger charge is 2.15. The van der Waals surface area contributed by atoms with Crippen molar-refractivity contribution in [3.63, 3.8) is 0 Å². The van der Waals surface area contributed by atoms with E-state index >= 15 is 0 Å². The van der Waals surface area contributed by atoms with Gasteiger partial charge in [0.25, 0.3) is 0 Å². The van der Waals surface area contributed by atoms with Crippen LogP contribution < -0.4 is 14.2 Å². The third-order valence-corrected chi connectivity index (χ3v) is 3.43. The largest absolute Gasteiger partial charge is 0.486 e. The lowest BCUT2D eigenvalue weighted by atomic mass is 10.1. The van der Waals surface area contributed by atoms with Crippen LogP contribution in [0.25, 0.3) is 6.08 Å². The molecule has 2 aromatic rings. The van der Waals surface area contributed by atoms with Crippen LogP contribution in [0.4, 0.5) is 0 Å². The van der Waals surface area contributed by atoms with Crippen molar-refractivity contribution in [1.29, 1.82) is 0 Å². The summed E-state index contributed by atoms with van der Waals surface area (Å²) in [7, 11) is 0. The lowest BCUT2D eigenvalue weighted by Crippen LogP contribution is -2.25. The van der Waals surface area contributed by atoms with Gasteiger partial charge in [0.2, 0.25) is 0 Å². The highest BCUT2D eigenvalue weighted by Crippen LogP contribution is 2.30. The van der Waals surface area contributed by atoms with Crippen LogP contribution in [0.15, 0.2) is 54.6 Å². The molecule has 3 nitrogen and oxygen atoms in total. The van der Waals surface area contributed by atoms with Gasteiger partial charge in [-0.25, -0.2) is 0 Å². The fourth-order valence-corrected chi connectivity index (χ4v) is 2.33. The van der Waals surface area contributed by atoms with Gasteiger partial charge in [0.05, 0.1) is 0 Å². The first-order chi connectivity index (χ1) is 10.7. The molecule has 0 spiro atoms. The van der Waals surface area contributed by atoms with Crippen LogP contribution in [0.1, 0.15) is 19.4 Å². The normalized spacial score (nSPS) is 21.0. The highest BCUT2D eigenvalue weighted by molar-refractivity contribution is 5.59. The van der Waals surface area contributed by atoms with Gasteiger partial charge in [-0.2, -0.15) is 0 Å². The summed E-state index contributed by atoms with van der Waals surface area (Å²) in [5.74, 6) is 2.69. The number of para-hydroxylation sites is 3. The van der Waals surface area contributed by atoms with Gasteiger partial charge in [0.1, 0.15) is 24.6 Å². The molecule has 2 aliphatic rings. The highest BCUT2D eigenvalue weighted by atomic mass is 16.6. The number of hydrogen-bond donors (Lipinski definition) is 0. The molecule has 3 heteroatoms. The Kier molecular flexibility index (Phi) is 4.33. The zero-order chi connectivity index (χ0) is 15.4. The van der Waals surface area contributed by atoms with Crippen molar-refractivity contribution in [2.45, 2.75) is 26.1 Å². The Balaban J connectivity index is 0.000000131. The molecule has 0 aromatic heterocycles. The first-order valence-electron chi connectivity index (χ1n) is 7.55. The zero-order valence-electron chi connectivity index (χ0n) is 12.9. The number of fused-ring (bicyclic) bond motifs is 2. The van der Waals surface area contributed by atoms with Crippen molar-refractivity contribution in [1.82, 2.24) is 0 Å². The molecule has 0 radical (unpaired) electrons. The average Bonchev–Trinajstić information content (AvgIpc) is 2.55. The van der Waals surface area contributed by atoms with Gasteiger partial charge in [-0.05, 0) is 38.1 Å². The van der Waals surface area contributed by atoms with Gasteiger partial charge < -0.3 is 14.2 Å². The second-order valence-electron chi connectivity index (χ2n) is 5.41. The first kappa shape index (κ1) is 14.5. The van der Waals surface area contributed by atoms with E-state index in [0.717, 1.165) is 17.2 Å². The maximum absolute atomic E-state index is 5.54. The molecule has 2 aromatic carbocycles. The molecule has 0 fully saturated rings. The second-order valence-corrected chi connectivity index (χ2v) is 5.41. The quantitative estimate of drug-likeness (QED) is 0.724. The van der Waals surface area contributed by atoms with Crippen molar-refractivity contribution >= 4 is 6.08 Å². The van der Waals surface area contributed by atoms with Crippen LogP contribution in [-0.2, 0) is 0 Å². The van der Waals surface area contributed by atoms with Gasteiger partial charge in [-0.15, -0.1) is 0 Å². The molecule has 22 heavy (non-hydrogen) atoms. The Morgan fingerprint density at radius 3 is 2.32 bits per heavy atom. The Hall–Kier alpha value is -2.42. The molecule has 2 unspecified atom stereocenters. The molecule has 2 heterocycles. The monoisotopic (exact) mass is 296 g/mol. The Morgan fingerprint density at radius 1 is 0.818 bits per heavy atom. The number of benzene rings is 2. The molecule has 4 rings (SSSR count). The number of rotatable bonds is 0. The minimum absolute atomic E-state index is 0.171. The van der Waals surface area contributed by atoms with Crippen LogP contribution in [0.3, 0.4) is 0 Å². The number of hydrogen-bond acceptors (Lipinski definition) is 3. The van der Waals surface area contributed by atoms with E-state index in [1.54, 1.807) is 0 Å². The molecular weight excluding hydrogens is 276 g/mol. The van der Waals surface area contributed by atoms with E-state index in [2.05, 4.69) is 18.2 Å². The Morgan fingerprint density at radius 2 is 1.50 bits per heavy atom. The van der Waals surface area contributed by atoms with Crippen molar-refractivity contribution < 1.29 is 14.2 Å². The maximum atomic E-state index is 5.54. The Labute approximate surface area is 131 Å². The summed E-state index contributed by atoms with van der Waals surface area (Å²) in [6, 6.07) is 15.8. The third-order valence-electron chi connectivity index (χ3n) is 3.43. The summed E-state index contributed by atoms with van der Waals surface area (Å²) in [6.45, 7) is 4.68. The summed E-state index contributed by atoms with van der Waals surface area (Å²) in [6.07, 6.45) is 4.54. The van der Waals surface area contributed by atoms with E-state index in [1.807, 2.05) is 56.3 Å². The van der Waals surface area contributed by atoms with E-state index in [9.17, 15) is 0 Å². The Bertz CT molecular complexity index is 663. The second kappa shape index (κ2) is 6.56. The van der Waals surface area contributed by atoms with Gasteiger partial charge >= 0.3 is 0 Å². The summed E-state index contributed by atoms with van der Waals surface area (Å²) in [5, 5.41) is 0. The molecule has 0 saturated carbocycles. The third kappa shape index (κ3) is 3.42. The van der Waals surface area contributed by atoms with Gasteiger partial charge in [-0.3, -0.25) is 0 Å². The summed E-state index contributed by atoms with van der Waals surface area (Å²) < 4.78 is 16.5. The standard InChI is InChI=1S/C10H10O.C9H10O2/c1-8-6-7-9-4-2-3-5-10(9)11-8;1-7-6-10-8-4-2-3-5-9(8)11-7/h2-8H,1H3;2-5,7H,6H2,1H3. The fraction of sp³-hybridized carbons (Fsp3) is 0.263. The van der Waals surface area contributed by atoms with Gasteiger partial charge in [0.15, 0.2) is 11.5 Å². The predicted molar refractivity (Wildman–Crippen MR) is 87.6 cm³/mol. The SMILES string of the molecule is CC1C=Cc2ccccc2O1.CC1COc2ccccc2O1. The lowest BCUT2D eigenvalue weighted by molar-refractivity contribution is 0.104. The minimum atomic E-state index is 0.171. The molecule has 0 amide bonds. The lowest BCUT2D eigenvalue weighted by Gasteiger charge is -2.23. The van der Waals surface area contributed by atoms with Crippen LogP contribution in [0, 0.1) is 0 Å². The molecule has 0 bridgehead atoms. The topological polar surface area (TPSA) is 27.7 Å². The molecule has 0 N–H and O–H groups in total. The molecular formula is C19H20O3. The van der Waals surface area contributed by atoms with Crippen LogP contribution in [0.2, 0.25) is 0 Å². The molecule has 0 aliphatic carbocycles. The van der Waals surface area contributed by atoms with Crippen LogP contribution in [-0.4, -0.2) is 18.8 Å². The van der Waals surface area contributed by atoms with E-state index < -0.39 is 0 Å². The van der Waals surface area contributed by atoms with Crippen molar-refractivity contribution in [3.05, 3.63) is 60.2 Å². The van der Waals surface area contributed by atoms with Crippen LogP contribution in [0.5, 0.6) is 17.2 Å². The predicted octanol–water partition coefficient (Wildman–Crippen LogP) is 4.33. The first-order valence-corrected chi connectivity index (χ1v) is 7.55. The van der Waals surface area contributed by atoms with Gasteiger partial charge in [0, 0.05) is 5.56 Å².